The lowest BCUT2D eigenvalue weighted by atomic mass is 9.90. The molecule has 5 nitrogen and oxygen atoms in total. The van der Waals surface area contributed by atoms with Crippen molar-refractivity contribution < 1.29 is 19.0 Å². The average molecular weight is 330 g/mol. The molecule has 1 aliphatic rings. The van der Waals surface area contributed by atoms with E-state index in [1.807, 2.05) is 12.1 Å². The van der Waals surface area contributed by atoms with Crippen LogP contribution in [-0.2, 0) is 4.79 Å². The SMILES string of the molecule is O=C(COc1ccc(F)cc1)N1C[C@@H](CO)[C@H](c2ccncc2)C1. The monoisotopic (exact) mass is 330 g/mol. The van der Waals surface area contributed by atoms with Crippen LogP contribution >= 0.6 is 0 Å². The highest BCUT2D eigenvalue weighted by molar-refractivity contribution is 5.78. The highest BCUT2D eigenvalue weighted by atomic mass is 19.1. The fourth-order valence-electron chi connectivity index (χ4n) is 3.02. The van der Waals surface area contributed by atoms with Crippen LogP contribution in [0.15, 0.2) is 48.8 Å². The Morgan fingerprint density at radius 2 is 1.92 bits per heavy atom. The van der Waals surface area contributed by atoms with E-state index in [4.69, 9.17) is 4.74 Å². The standard InChI is InChI=1S/C18H19FN2O3/c19-15-1-3-16(4-2-15)24-12-18(23)21-9-14(11-22)17(10-21)13-5-7-20-8-6-13/h1-8,14,17,22H,9-12H2/t14-,17-/m0/s1. The quantitative estimate of drug-likeness (QED) is 0.909. The molecule has 1 fully saturated rings. The fraction of sp³-hybridized carbons (Fsp3) is 0.333. The van der Waals surface area contributed by atoms with E-state index in [0.717, 1.165) is 5.56 Å². The Morgan fingerprint density at radius 1 is 1.21 bits per heavy atom. The number of carbonyl (C=O) groups is 1. The van der Waals surface area contributed by atoms with E-state index in [1.165, 1.54) is 24.3 Å². The van der Waals surface area contributed by atoms with E-state index in [0.29, 0.717) is 18.8 Å². The predicted molar refractivity (Wildman–Crippen MR) is 86.0 cm³/mol. The molecule has 0 bridgehead atoms. The van der Waals surface area contributed by atoms with Gasteiger partial charge >= 0.3 is 0 Å². The topological polar surface area (TPSA) is 62.7 Å². The number of carbonyl (C=O) groups excluding carboxylic acids is 1. The van der Waals surface area contributed by atoms with Gasteiger partial charge < -0.3 is 14.7 Å². The molecule has 1 saturated heterocycles. The van der Waals surface area contributed by atoms with Gasteiger partial charge in [-0.1, -0.05) is 0 Å². The minimum Gasteiger partial charge on any atom is -0.484 e. The van der Waals surface area contributed by atoms with Crippen molar-refractivity contribution in [3.05, 3.63) is 60.2 Å². The molecule has 2 atom stereocenters. The molecule has 3 rings (SSSR count). The summed E-state index contributed by atoms with van der Waals surface area (Å²) in [6.07, 6.45) is 3.43. The van der Waals surface area contributed by atoms with Crippen LogP contribution in [0.25, 0.3) is 0 Å². The summed E-state index contributed by atoms with van der Waals surface area (Å²) in [4.78, 5) is 18.1. The van der Waals surface area contributed by atoms with Gasteiger partial charge in [0, 0.05) is 43.9 Å². The van der Waals surface area contributed by atoms with Gasteiger partial charge in [0.05, 0.1) is 0 Å². The molecule has 6 heteroatoms. The average Bonchev–Trinajstić information content (AvgIpc) is 3.06. The lowest BCUT2D eigenvalue weighted by Crippen LogP contribution is -2.33. The molecule has 0 unspecified atom stereocenters. The first kappa shape index (κ1) is 16.4. The molecule has 0 aliphatic carbocycles. The number of hydrogen-bond acceptors (Lipinski definition) is 4. The number of nitrogens with zero attached hydrogens (tertiary/aromatic N) is 2. The molecule has 1 amide bonds. The zero-order valence-corrected chi connectivity index (χ0v) is 13.1. The second-order valence-electron chi connectivity index (χ2n) is 5.87. The third-order valence-electron chi connectivity index (χ3n) is 4.34. The summed E-state index contributed by atoms with van der Waals surface area (Å²) < 4.78 is 18.3. The summed E-state index contributed by atoms with van der Waals surface area (Å²) in [5, 5.41) is 9.61. The molecular weight excluding hydrogens is 311 g/mol. The van der Waals surface area contributed by atoms with Gasteiger partial charge in [-0.15, -0.1) is 0 Å². The Kier molecular flexibility index (Phi) is 5.05. The minimum atomic E-state index is -0.348. The zero-order chi connectivity index (χ0) is 16.9. The summed E-state index contributed by atoms with van der Waals surface area (Å²) in [6.45, 7) is 0.957. The molecule has 0 saturated carbocycles. The smallest absolute Gasteiger partial charge is 0.260 e. The summed E-state index contributed by atoms with van der Waals surface area (Å²) in [7, 11) is 0. The van der Waals surface area contributed by atoms with Crippen LogP contribution in [0.2, 0.25) is 0 Å². The summed E-state index contributed by atoms with van der Waals surface area (Å²) in [6, 6.07) is 9.38. The normalized spacial score (nSPS) is 20.2. The molecule has 24 heavy (non-hydrogen) atoms. The van der Waals surface area contributed by atoms with Crippen LogP contribution < -0.4 is 4.74 Å². The summed E-state index contributed by atoms with van der Waals surface area (Å²) >= 11 is 0. The van der Waals surface area contributed by atoms with E-state index in [1.54, 1.807) is 17.3 Å². The maximum atomic E-state index is 12.9. The molecule has 1 aromatic carbocycles. The van der Waals surface area contributed by atoms with E-state index in [9.17, 15) is 14.3 Å². The Balaban J connectivity index is 1.60. The number of benzene rings is 1. The first-order chi connectivity index (χ1) is 11.7. The Morgan fingerprint density at radius 3 is 2.58 bits per heavy atom. The molecule has 0 radical (unpaired) electrons. The van der Waals surface area contributed by atoms with Crippen LogP contribution in [0.1, 0.15) is 11.5 Å². The molecule has 1 aromatic heterocycles. The van der Waals surface area contributed by atoms with Crippen molar-refractivity contribution in [3.63, 3.8) is 0 Å². The van der Waals surface area contributed by atoms with Crippen molar-refractivity contribution in [1.82, 2.24) is 9.88 Å². The number of rotatable bonds is 5. The Bertz CT molecular complexity index is 678. The number of pyridine rings is 1. The first-order valence-electron chi connectivity index (χ1n) is 7.84. The van der Waals surface area contributed by atoms with Crippen LogP contribution in [0.4, 0.5) is 4.39 Å². The number of aromatic nitrogens is 1. The summed E-state index contributed by atoms with van der Waals surface area (Å²) in [5.74, 6) is 0.0526. The number of hydrogen-bond donors (Lipinski definition) is 1. The molecule has 126 valence electrons. The zero-order valence-electron chi connectivity index (χ0n) is 13.1. The van der Waals surface area contributed by atoms with E-state index >= 15 is 0 Å². The number of aliphatic hydroxyl groups is 1. The van der Waals surface area contributed by atoms with Crippen LogP contribution in [0, 0.1) is 11.7 Å². The molecule has 1 aliphatic heterocycles. The third-order valence-corrected chi connectivity index (χ3v) is 4.34. The lowest BCUT2D eigenvalue weighted by molar-refractivity contribution is -0.132. The number of likely N-dealkylation sites (tertiary alicyclic amines) is 1. The largest absolute Gasteiger partial charge is 0.484 e. The van der Waals surface area contributed by atoms with Crippen LogP contribution in [-0.4, -0.2) is 47.2 Å². The van der Waals surface area contributed by atoms with Crippen molar-refractivity contribution in [3.8, 4) is 5.75 Å². The van der Waals surface area contributed by atoms with Gasteiger partial charge in [-0.3, -0.25) is 9.78 Å². The molecule has 1 N–H and O–H groups in total. The molecular formula is C18H19FN2O3. The van der Waals surface area contributed by atoms with Crippen molar-refractivity contribution in [2.24, 2.45) is 5.92 Å². The summed E-state index contributed by atoms with van der Waals surface area (Å²) in [5.41, 5.74) is 1.07. The predicted octanol–water partition coefficient (Wildman–Crippen LogP) is 1.83. The highest BCUT2D eigenvalue weighted by Crippen LogP contribution is 2.32. The highest BCUT2D eigenvalue weighted by Gasteiger charge is 2.35. The van der Waals surface area contributed by atoms with E-state index in [-0.39, 0.29) is 36.8 Å². The van der Waals surface area contributed by atoms with Crippen molar-refractivity contribution in [2.75, 3.05) is 26.3 Å². The number of aliphatic hydroxyl groups excluding tert-OH is 1. The van der Waals surface area contributed by atoms with E-state index < -0.39 is 0 Å². The second kappa shape index (κ2) is 7.40. The number of ether oxygens (including phenoxy) is 1. The lowest BCUT2D eigenvalue weighted by Gasteiger charge is -2.17. The van der Waals surface area contributed by atoms with Gasteiger partial charge in [-0.05, 0) is 42.0 Å². The van der Waals surface area contributed by atoms with Gasteiger partial charge in [0.15, 0.2) is 6.61 Å². The second-order valence-corrected chi connectivity index (χ2v) is 5.87. The first-order valence-corrected chi connectivity index (χ1v) is 7.84. The van der Waals surface area contributed by atoms with Gasteiger partial charge in [-0.2, -0.15) is 0 Å². The van der Waals surface area contributed by atoms with Crippen molar-refractivity contribution in [1.29, 1.82) is 0 Å². The molecule has 2 aromatic rings. The van der Waals surface area contributed by atoms with Crippen molar-refractivity contribution >= 4 is 5.91 Å². The molecule has 0 spiro atoms. The van der Waals surface area contributed by atoms with Crippen LogP contribution in [0.3, 0.4) is 0 Å². The van der Waals surface area contributed by atoms with Gasteiger partial charge in [0.2, 0.25) is 0 Å². The third kappa shape index (κ3) is 3.71. The van der Waals surface area contributed by atoms with E-state index in [2.05, 4.69) is 4.98 Å². The van der Waals surface area contributed by atoms with Crippen LogP contribution in [0.5, 0.6) is 5.75 Å². The van der Waals surface area contributed by atoms with Gasteiger partial charge in [-0.25, -0.2) is 4.39 Å². The van der Waals surface area contributed by atoms with Crippen molar-refractivity contribution in [2.45, 2.75) is 5.92 Å². The maximum absolute atomic E-state index is 12.9. The fourth-order valence-corrected chi connectivity index (χ4v) is 3.02. The van der Waals surface area contributed by atoms with Gasteiger partial charge in [0.25, 0.3) is 5.91 Å². The number of amides is 1. The maximum Gasteiger partial charge on any atom is 0.260 e. The minimum absolute atomic E-state index is 0.00201. The number of halogens is 1. The Hall–Kier alpha value is -2.47. The van der Waals surface area contributed by atoms with Gasteiger partial charge in [0.1, 0.15) is 11.6 Å². The Labute approximate surface area is 139 Å². The molecule has 2 heterocycles.